The highest BCUT2D eigenvalue weighted by Crippen LogP contribution is 2.24. The Kier molecular flexibility index (Phi) is 6.13. The lowest BCUT2D eigenvalue weighted by molar-refractivity contribution is -0.127. The Morgan fingerprint density at radius 1 is 1.38 bits per heavy atom. The molecular formula is C18H25BrN2O2S. The van der Waals surface area contributed by atoms with Crippen LogP contribution >= 0.6 is 27.3 Å². The van der Waals surface area contributed by atoms with E-state index in [0.29, 0.717) is 6.04 Å². The zero-order valence-corrected chi connectivity index (χ0v) is 16.7. The van der Waals surface area contributed by atoms with E-state index < -0.39 is 0 Å². The molecule has 2 aliphatic heterocycles. The molecule has 3 heterocycles. The van der Waals surface area contributed by atoms with Crippen LogP contribution < -0.4 is 0 Å². The Morgan fingerprint density at radius 2 is 2.12 bits per heavy atom. The lowest BCUT2D eigenvalue weighted by Crippen LogP contribution is -2.50. The number of nitrogens with zero attached hydrogens (tertiary/aromatic N) is 2. The SMILES string of the molecule is CC1CN(CC2CCCN2C(=O)C=Cc2ccc(Br)s2)CC(C)O1. The van der Waals surface area contributed by atoms with E-state index in [1.54, 1.807) is 17.4 Å². The van der Waals surface area contributed by atoms with Gasteiger partial charge in [0.2, 0.25) is 5.91 Å². The third-order valence-electron chi connectivity index (χ3n) is 4.61. The van der Waals surface area contributed by atoms with Crippen molar-refractivity contribution in [1.82, 2.24) is 9.80 Å². The maximum Gasteiger partial charge on any atom is 0.246 e. The van der Waals surface area contributed by atoms with Crippen molar-refractivity contribution in [2.24, 2.45) is 0 Å². The molecule has 0 N–H and O–H groups in total. The topological polar surface area (TPSA) is 32.8 Å². The number of morpholine rings is 1. The van der Waals surface area contributed by atoms with Crippen LogP contribution in [0.5, 0.6) is 0 Å². The van der Waals surface area contributed by atoms with E-state index in [2.05, 4.69) is 34.7 Å². The van der Waals surface area contributed by atoms with Crippen molar-refractivity contribution in [3.05, 3.63) is 26.9 Å². The largest absolute Gasteiger partial charge is 0.373 e. The summed E-state index contributed by atoms with van der Waals surface area (Å²) in [5.41, 5.74) is 0. The minimum atomic E-state index is 0.136. The first kappa shape index (κ1) is 18.1. The summed E-state index contributed by atoms with van der Waals surface area (Å²) in [6, 6.07) is 4.36. The maximum atomic E-state index is 12.6. The van der Waals surface area contributed by atoms with Gasteiger partial charge in [-0.15, -0.1) is 11.3 Å². The summed E-state index contributed by atoms with van der Waals surface area (Å²) in [4.78, 5) is 18.2. The molecule has 2 fully saturated rings. The molecule has 0 saturated carbocycles. The summed E-state index contributed by atoms with van der Waals surface area (Å²) in [5.74, 6) is 0.136. The number of carbonyl (C=O) groups excluding carboxylic acids is 1. The first-order chi connectivity index (χ1) is 11.5. The van der Waals surface area contributed by atoms with Crippen LogP contribution in [0.15, 0.2) is 22.0 Å². The van der Waals surface area contributed by atoms with Crippen LogP contribution in [-0.2, 0) is 9.53 Å². The number of hydrogen-bond acceptors (Lipinski definition) is 4. The molecule has 3 rings (SSSR count). The normalized spacial score (nSPS) is 28.8. The van der Waals surface area contributed by atoms with Gasteiger partial charge in [-0.2, -0.15) is 0 Å². The minimum absolute atomic E-state index is 0.136. The van der Waals surface area contributed by atoms with Crippen molar-refractivity contribution in [3.8, 4) is 0 Å². The lowest BCUT2D eigenvalue weighted by atomic mass is 10.1. The molecule has 1 aromatic rings. The van der Waals surface area contributed by atoms with E-state index in [0.717, 1.165) is 47.7 Å². The van der Waals surface area contributed by atoms with Gasteiger partial charge < -0.3 is 9.64 Å². The van der Waals surface area contributed by atoms with Crippen molar-refractivity contribution < 1.29 is 9.53 Å². The molecule has 2 saturated heterocycles. The fraction of sp³-hybridized carbons (Fsp3) is 0.611. The summed E-state index contributed by atoms with van der Waals surface area (Å²) < 4.78 is 6.90. The van der Waals surface area contributed by atoms with Gasteiger partial charge in [0, 0.05) is 43.2 Å². The highest BCUT2D eigenvalue weighted by molar-refractivity contribution is 9.11. The first-order valence-electron chi connectivity index (χ1n) is 8.63. The Labute approximate surface area is 156 Å². The Balaban J connectivity index is 1.58. The molecule has 1 aromatic heterocycles. The number of halogens is 1. The van der Waals surface area contributed by atoms with Gasteiger partial charge in [-0.05, 0) is 60.8 Å². The molecule has 0 aliphatic carbocycles. The fourth-order valence-corrected chi connectivity index (χ4v) is 5.04. The molecule has 2 aliphatic rings. The fourth-order valence-electron chi connectivity index (χ4n) is 3.71. The molecule has 0 aromatic carbocycles. The van der Waals surface area contributed by atoms with Gasteiger partial charge in [0.05, 0.1) is 16.0 Å². The third kappa shape index (κ3) is 4.69. The van der Waals surface area contributed by atoms with E-state index in [1.807, 2.05) is 23.1 Å². The van der Waals surface area contributed by atoms with Crippen molar-refractivity contribution in [2.75, 3.05) is 26.2 Å². The molecule has 6 heteroatoms. The van der Waals surface area contributed by atoms with Crippen LogP contribution in [0, 0.1) is 0 Å². The molecule has 132 valence electrons. The van der Waals surface area contributed by atoms with Crippen molar-refractivity contribution >= 4 is 39.2 Å². The van der Waals surface area contributed by atoms with Crippen LogP contribution in [-0.4, -0.2) is 60.1 Å². The Hall–Kier alpha value is -0.690. The van der Waals surface area contributed by atoms with Crippen molar-refractivity contribution in [1.29, 1.82) is 0 Å². The molecule has 3 atom stereocenters. The average Bonchev–Trinajstić information content (AvgIpc) is 3.13. The number of carbonyl (C=O) groups is 1. The van der Waals surface area contributed by atoms with Crippen LogP contribution in [0.25, 0.3) is 6.08 Å². The smallest absolute Gasteiger partial charge is 0.246 e. The molecule has 0 bridgehead atoms. The van der Waals surface area contributed by atoms with Gasteiger partial charge >= 0.3 is 0 Å². The standard InChI is InChI=1S/C18H25BrN2O2S/c1-13-10-20(11-14(2)23-13)12-15-4-3-9-21(15)18(22)8-6-16-5-7-17(19)24-16/h5-8,13-15H,3-4,9-12H2,1-2H3. The van der Waals surface area contributed by atoms with Crippen LogP contribution in [0.4, 0.5) is 0 Å². The molecule has 0 radical (unpaired) electrons. The number of hydrogen-bond donors (Lipinski definition) is 0. The second-order valence-corrected chi connectivity index (χ2v) is 9.27. The predicted octanol–water partition coefficient (Wildman–Crippen LogP) is 3.62. The van der Waals surface area contributed by atoms with Gasteiger partial charge in [-0.1, -0.05) is 0 Å². The summed E-state index contributed by atoms with van der Waals surface area (Å²) in [6.07, 6.45) is 6.40. The highest BCUT2D eigenvalue weighted by atomic mass is 79.9. The number of amides is 1. The Bertz CT molecular complexity index is 594. The molecule has 3 unspecified atom stereocenters. The van der Waals surface area contributed by atoms with E-state index >= 15 is 0 Å². The lowest BCUT2D eigenvalue weighted by Gasteiger charge is -2.38. The van der Waals surface area contributed by atoms with E-state index in [9.17, 15) is 4.79 Å². The van der Waals surface area contributed by atoms with Crippen molar-refractivity contribution in [3.63, 3.8) is 0 Å². The second kappa shape index (κ2) is 8.13. The maximum absolute atomic E-state index is 12.6. The van der Waals surface area contributed by atoms with Crippen LogP contribution in [0.1, 0.15) is 31.6 Å². The average molecular weight is 413 g/mol. The summed E-state index contributed by atoms with van der Waals surface area (Å²) >= 11 is 5.09. The molecule has 1 amide bonds. The van der Waals surface area contributed by atoms with E-state index in [4.69, 9.17) is 4.74 Å². The molecule has 4 nitrogen and oxygen atoms in total. The van der Waals surface area contributed by atoms with Gasteiger partial charge in [-0.3, -0.25) is 9.69 Å². The van der Waals surface area contributed by atoms with Gasteiger partial charge in [-0.25, -0.2) is 0 Å². The number of ether oxygens (including phenoxy) is 1. The number of rotatable bonds is 4. The quantitative estimate of drug-likeness (QED) is 0.707. The Morgan fingerprint density at radius 3 is 2.79 bits per heavy atom. The number of likely N-dealkylation sites (tertiary alicyclic amines) is 1. The van der Waals surface area contributed by atoms with Gasteiger partial charge in [0.15, 0.2) is 0 Å². The predicted molar refractivity (Wildman–Crippen MR) is 102 cm³/mol. The summed E-state index contributed by atoms with van der Waals surface area (Å²) in [6.45, 7) is 8.01. The zero-order chi connectivity index (χ0) is 17.1. The van der Waals surface area contributed by atoms with E-state index in [-0.39, 0.29) is 18.1 Å². The molecular weight excluding hydrogens is 388 g/mol. The third-order valence-corrected chi connectivity index (χ3v) is 6.20. The summed E-state index contributed by atoms with van der Waals surface area (Å²) in [7, 11) is 0. The van der Waals surface area contributed by atoms with E-state index in [1.165, 1.54) is 0 Å². The van der Waals surface area contributed by atoms with Crippen molar-refractivity contribution in [2.45, 2.75) is 44.9 Å². The minimum Gasteiger partial charge on any atom is -0.373 e. The van der Waals surface area contributed by atoms with Gasteiger partial charge in [0.25, 0.3) is 0 Å². The highest BCUT2D eigenvalue weighted by Gasteiger charge is 2.31. The monoisotopic (exact) mass is 412 g/mol. The molecule has 24 heavy (non-hydrogen) atoms. The summed E-state index contributed by atoms with van der Waals surface area (Å²) in [5, 5.41) is 0. The van der Waals surface area contributed by atoms with Crippen LogP contribution in [0.3, 0.4) is 0 Å². The number of thiophene rings is 1. The zero-order valence-electron chi connectivity index (χ0n) is 14.3. The second-order valence-electron chi connectivity index (χ2n) is 6.78. The van der Waals surface area contributed by atoms with Gasteiger partial charge in [0.1, 0.15) is 0 Å². The first-order valence-corrected chi connectivity index (χ1v) is 10.2. The van der Waals surface area contributed by atoms with Crippen LogP contribution in [0.2, 0.25) is 0 Å². The molecule has 0 spiro atoms.